The van der Waals surface area contributed by atoms with Crippen LogP contribution in [0, 0.1) is 5.82 Å². The number of Topliss-reactive ketones (excluding diaryl/α,β-unsaturated/α-hetero) is 1. The second kappa shape index (κ2) is 10.4. The number of rotatable bonds is 11. The summed E-state index contributed by atoms with van der Waals surface area (Å²) in [6.45, 7) is 7.85. The van der Waals surface area contributed by atoms with Crippen LogP contribution >= 0.6 is 0 Å². The lowest BCUT2D eigenvalue weighted by molar-refractivity contribution is 0.0725. The third-order valence-electron chi connectivity index (χ3n) is 3.03. The molecule has 1 aromatic rings. The van der Waals surface area contributed by atoms with Crippen LogP contribution in [0.4, 0.5) is 4.39 Å². The Hall–Kier alpha value is -1.30. The van der Waals surface area contributed by atoms with Crippen LogP contribution in [0.2, 0.25) is 0 Å². The predicted octanol–water partition coefficient (Wildman–Crippen LogP) is 2.38. The van der Waals surface area contributed by atoms with Crippen molar-refractivity contribution < 1.29 is 18.7 Å². The lowest BCUT2D eigenvalue weighted by Crippen LogP contribution is -2.35. The molecule has 0 saturated heterocycles. The van der Waals surface area contributed by atoms with Crippen molar-refractivity contribution in [3.63, 3.8) is 0 Å². The summed E-state index contributed by atoms with van der Waals surface area (Å²) in [6, 6.07) is 5.78. The van der Waals surface area contributed by atoms with Gasteiger partial charge in [-0.1, -0.05) is 12.1 Å². The first kappa shape index (κ1) is 17.8. The molecule has 118 valence electrons. The Balaban J connectivity index is 2.54. The Morgan fingerprint density at radius 2 is 1.76 bits per heavy atom. The van der Waals surface area contributed by atoms with Gasteiger partial charge in [-0.05, 0) is 26.0 Å². The average Bonchev–Trinajstić information content (AvgIpc) is 2.47. The van der Waals surface area contributed by atoms with Gasteiger partial charge in [0, 0.05) is 31.9 Å². The van der Waals surface area contributed by atoms with E-state index in [1.165, 1.54) is 12.1 Å². The molecule has 0 atom stereocenters. The van der Waals surface area contributed by atoms with Gasteiger partial charge in [0.2, 0.25) is 0 Å². The van der Waals surface area contributed by atoms with Gasteiger partial charge in [-0.25, -0.2) is 4.39 Å². The second-order valence-corrected chi connectivity index (χ2v) is 4.60. The van der Waals surface area contributed by atoms with Crippen LogP contribution < -0.4 is 0 Å². The Kier molecular flexibility index (Phi) is 8.82. The molecule has 1 aromatic carbocycles. The number of nitrogens with zero attached hydrogens (tertiary/aromatic N) is 1. The summed E-state index contributed by atoms with van der Waals surface area (Å²) in [6.07, 6.45) is 0. The molecular weight excluding hydrogens is 273 g/mol. The van der Waals surface area contributed by atoms with Gasteiger partial charge in [-0.15, -0.1) is 0 Å². The van der Waals surface area contributed by atoms with Gasteiger partial charge in [0.05, 0.1) is 19.8 Å². The molecule has 21 heavy (non-hydrogen) atoms. The smallest absolute Gasteiger partial charge is 0.176 e. The first-order valence-corrected chi connectivity index (χ1v) is 7.34. The number of benzene rings is 1. The topological polar surface area (TPSA) is 38.8 Å². The van der Waals surface area contributed by atoms with Crippen LogP contribution in [0.3, 0.4) is 0 Å². The van der Waals surface area contributed by atoms with Gasteiger partial charge in [0.1, 0.15) is 5.82 Å². The third-order valence-corrected chi connectivity index (χ3v) is 3.03. The van der Waals surface area contributed by atoms with Crippen LogP contribution in [0.5, 0.6) is 0 Å². The maximum Gasteiger partial charge on any atom is 0.176 e. The van der Waals surface area contributed by atoms with E-state index >= 15 is 0 Å². The maximum atomic E-state index is 13.2. The molecule has 0 aliphatic carbocycles. The fraction of sp³-hybridized carbons (Fsp3) is 0.562. The zero-order valence-corrected chi connectivity index (χ0v) is 12.8. The Labute approximate surface area is 125 Å². The summed E-state index contributed by atoms with van der Waals surface area (Å²) >= 11 is 0. The molecule has 0 bridgehead atoms. The molecular formula is C16H24FNO3. The van der Waals surface area contributed by atoms with Crippen LogP contribution in [0.15, 0.2) is 24.3 Å². The number of carbonyl (C=O) groups excluding carboxylic acids is 1. The highest BCUT2D eigenvalue weighted by molar-refractivity contribution is 5.97. The number of hydrogen-bond donors (Lipinski definition) is 0. The van der Waals surface area contributed by atoms with Crippen molar-refractivity contribution in [3.05, 3.63) is 35.6 Å². The molecule has 0 unspecified atom stereocenters. The largest absolute Gasteiger partial charge is 0.380 e. The molecule has 0 fully saturated rings. The van der Waals surface area contributed by atoms with Gasteiger partial charge < -0.3 is 9.47 Å². The summed E-state index contributed by atoms with van der Waals surface area (Å²) in [5, 5.41) is 0. The highest BCUT2D eigenvalue weighted by Crippen LogP contribution is 2.06. The first-order valence-electron chi connectivity index (χ1n) is 7.34. The molecule has 0 aromatic heterocycles. The molecule has 0 aliphatic rings. The van der Waals surface area contributed by atoms with E-state index in [9.17, 15) is 9.18 Å². The van der Waals surface area contributed by atoms with Gasteiger partial charge in [-0.2, -0.15) is 0 Å². The Bertz CT molecular complexity index is 416. The van der Waals surface area contributed by atoms with Gasteiger partial charge in [-0.3, -0.25) is 9.69 Å². The Morgan fingerprint density at radius 3 is 2.29 bits per heavy atom. The number of ether oxygens (including phenoxy) is 2. The molecule has 0 saturated carbocycles. The van der Waals surface area contributed by atoms with Crippen molar-refractivity contribution in [3.8, 4) is 0 Å². The minimum Gasteiger partial charge on any atom is -0.380 e. The number of hydrogen-bond acceptors (Lipinski definition) is 4. The van der Waals surface area contributed by atoms with E-state index in [-0.39, 0.29) is 12.3 Å². The molecule has 0 amide bonds. The van der Waals surface area contributed by atoms with E-state index in [0.29, 0.717) is 45.1 Å². The molecule has 0 N–H and O–H groups in total. The molecule has 0 heterocycles. The molecule has 0 aliphatic heterocycles. The van der Waals surface area contributed by atoms with Crippen LogP contribution in [-0.2, 0) is 9.47 Å². The van der Waals surface area contributed by atoms with Gasteiger partial charge in [0.25, 0.3) is 0 Å². The number of ketones is 1. The molecule has 5 heteroatoms. The molecule has 1 rings (SSSR count). The van der Waals surface area contributed by atoms with Crippen LogP contribution in [0.1, 0.15) is 24.2 Å². The number of carbonyl (C=O) groups is 1. The van der Waals surface area contributed by atoms with E-state index in [4.69, 9.17) is 9.47 Å². The fourth-order valence-corrected chi connectivity index (χ4v) is 1.90. The quantitative estimate of drug-likeness (QED) is 0.464. The van der Waals surface area contributed by atoms with Crippen molar-refractivity contribution in [2.75, 3.05) is 46.1 Å². The SMILES string of the molecule is CCOCCN(CCOCC)CC(=O)c1cccc(F)c1. The third kappa shape index (κ3) is 7.32. The van der Waals surface area contributed by atoms with E-state index in [2.05, 4.69) is 0 Å². The van der Waals surface area contributed by atoms with Crippen molar-refractivity contribution in [2.45, 2.75) is 13.8 Å². The molecule has 4 nitrogen and oxygen atoms in total. The zero-order valence-electron chi connectivity index (χ0n) is 12.8. The highest BCUT2D eigenvalue weighted by atomic mass is 19.1. The van der Waals surface area contributed by atoms with Crippen LogP contribution in [-0.4, -0.2) is 56.7 Å². The summed E-state index contributed by atoms with van der Waals surface area (Å²) in [5.41, 5.74) is 0.396. The van der Waals surface area contributed by atoms with E-state index < -0.39 is 5.82 Å². The molecule has 0 spiro atoms. The summed E-state index contributed by atoms with van der Waals surface area (Å²) in [7, 11) is 0. The fourth-order valence-electron chi connectivity index (χ4n) is 1.90. The number of halogens is 1. The van der Waals surface area contributed by atoms with Gasteiger partial charge >= 0.3 is 0 Å². The van der Waals surface area contributed by atoms with E-state index in [1.54, 1.807) is 12.1 Å². The second-order valence-electron chi connectivity index (χ2n) is 4.60. The minimum atomic E-state index is -0.393. The predicted molar refractivity (Wildman–Crippen MR) is 80.2 cm³/mol. The van der Waals surface area contributed by atoms with E-state index in [1.807, 2.05) is 18.7 Å². The average molecular weight is 297 g/mol. The summed E-state index contributed by atoms with van der Waals surface area (Å²) in [5.74, 6) is -0.487. The maximum absolute atomic E-state index is 13.2. The lowest BCUT2D eigenvalue weighted by Gasteiger charge is -2.21. The minimum absolute atomic E-state index is 0.0949. The van der Waals surface area contributed by atoms with E-state index in [0.717, 1.165) is 0 Å². The normalized spacial score (nSPS) is 11.0. The zero-order chi connectivity index (χ0) is 15.5. The van der Waals surface area contributed by atoms with Gasteiger partial charge in [0.15, 0.2) is 5.78 Å². The van der Waals surface area contributed by atoms with Crippen molar-refractivity contribution in [2.24, 2.45) is 0 Å². The lowest BCUT2D eigenvalue weighted by atomic mass is 10.1. The first-order chi connectivity index (χ1) is 10.2. The van der Waals surface area contributed by atoms with Crippen molar-refractivity contribution in [1.82, 2.24) is 4.90 Å². The van der Waals surface area contributed by atoms with Crippen molar-refractivity contribution in [1.29, 1.82) is 0 Å². The highest BCUT2D eigenvalue weighted by Gasteiger charge is 2.13. The molecule has 0 radical (unpaired) electrons. The summed E-state index contributed by atoms with van der Waals surface area (Å²) in [4.78, 5) is 14.2. The monoisotopic (exact) mass is 297 g/mol. The standard InChI is InChI=1S/C16H24FNO3/c1-3-20-10-8-18(9-11-21-4-2)13-16(19)14-6-5-7-15(17)12-14/h5-7,12H,3-4,8-11,13H2,1-2H3. The van der Waals surface area contributed by atoms with Crippen molar-refractivity contribution >= 4 is 5.78 Å². The summed E-state index contributed by atoms with van der Waals surface area (Å²) < 4.78 is 23.8. The van der Waals surface area contributed by atoms with Crippen LogP contribution in [0.25, 0.3) is 0 Å². The Morgan fingerprint density at radius 1 is 1.14 bits per heavy atom.